The Morgan fingerprint density at radius 2 is 1.96 bits per heavy atom. The van der Waals surface area contributed by atoms with Crippen LogP contribution in [0, 0.1) is 5.82 Å². The van der Waals surface area contributed by atoms with Crippen LogP contribution < -0.4 is 4.90 Å². The fraction of sp³-hybridized carbons (Fsp3) is 0.200. The highest BCUT2D eigenvalue weighted by Crippen LogP contribution is 2.23. The number of fused-ring (bicyclic) bond motifs is 1. The quantitative estimate of drug-likeness (QED) is 0.449. The van der Waals surface area contributed by atoms with Crippen LogP contribution >= 0.6 is 15.9 Å². The Labute approximate surface area is 170 Å². The van der Waals surface area contributed by atoms with Gasteiger partial charge in [-0.3, -0.25) is 4.98 Å². The Morgan fingerprint density at radius 1 is 1.07 bits per heavy atom. The van der Waals surface area contributed by atoms with E-state index in [1.165, 1.54) is 12.4 Å². The number of pyridine rings is 1. The molecule has 3 heterocycles. The first-order valence-corrected chi connectivity index (χ1v) is 9.72. The van der Waals surface area contributed by atoms with Gasteiger partial charge >= 0.3 is 0 Å². The molecule has 0 saturated carbocycles. The highest BCUT2D eigenvalue weighted by molar-refractivity contribution is 9.10. The first-order chi connectivity index (χ1) is 13.6. The summed E-state index contributed by atoms with van der Waals surface area (Å²) in [4.78, 5) is 15.2. The van der Waals surface area contributed by atoms with E-state index in [4.69, 9.17) is 0 Å². The molecule has 4 rings (SSSR count). The van der Waals surface area contributed by atoms with Crippen molar-refractivity contribution in [3.8, 4) is 0 Å². The van der Waals surface area contributed by atoms with E-state index in [1.807, 2.05) is 42.2 Å². The topological polar surface area (TPSA) is 59.2 Å². The van der Waals surface area contributed by atoms with Crippen LogP contribution in [0.4, 0.5) is 10.2 Å². The molecular formula is C20H18BrFN6. The molecule has 0 spiro atoms. The largest absolute Gasteiger partial charge is 0.346 e. The summed E-state index contributed by atoms with van der Waals surface area (Å²) in [6.07, 6.45) is 3.99. The fourth-order valence-corrected chi connectivity index (χ4v) is 3.34. The number of anilines is 1. The van der Waals surface area contributed by atoms with Crippen molar-refractivity contribution in [2.75, 3.05) is 4.90 Å². The molecule has 142 valence electrons. The van der Waals surface area contributed by atoms with Crippen molar-refractivity contribution in [2.24, 2.45) is 0 Å². The lowest BCUT2D eigenvalue weighted by Crippen LogP contribution is -2.26. The molecule has 8 heteroatoms. The van der Waals surface area contributed by atoms with Crippen LogP contribution in [-0.4, -0.2) is 24.6 Å². The van der Waals surface area contributed by atoms with Gasteiger partial charge < -0.3 is 4.90 Å². The van der Waals surface area contributed by atoms with E-state index in [9.17, 15) is 4.39 Å². The van der Waals surface area contributed by atoms with Gasteiger partial charge in [0.1, 0.15) is 18.0 Å². The number of nitrogens with zero attached hydrogens (tertiary/aromatic N) is 6. The monoisotopic (exact) mass is 440 g/mol. The minimum atomic E-state index is -0.264. The van der Waals surface area contributed by atoms with E-state index in [1.54, 1.807) is 16.8 Å². The third-order valence-corrected chi connectivity index (χ3v) is 4.92. The van der Waals surface area contributed by atoms with Gasteiger partial charge in [-0.05, 0) is 30.7 Å². The molecule has 0 radical (unpaired) electrons. The standard InChI is InChI=1S/C20H18BrFN6/c1-2-16-10-19(28-20(26-16)24-13-25-28)27(12-17-5-3-4-8-23-17)11-14-6-7-15(21)9-18(14)22/h3-10,13H,2,11-12H2,1H3. The molecule has 3 aromatic heterocycles. The summed E-state index contributed by atoms with van der Waals surface area (Å²) >= 11 is 3.31. The van der Waals surface area contributed by atoms with Crippen molar-refractivity contribution in [2.45, 2.75) is 26.4 Å². The van der Waals surface area contributed by atoms with Crippen molar-refractivity contribution < 1.29 is 4.39 Å². The molecule has 0 amide bonds. The average molecular weight is 441 g/mol. The van der Waals surface area contributed by atoms with Gasteiger partial charge in [0.15, 0.2) is 0 Å². The van der Waals surface area contributed by atoms with Crippen molar-refractivity contribution in [3.05, 3.63) is 82.2 Å². The van der Waals surface area contributed by atoms with E-state index >= 15 is 0 Å². The molecule has 0 aliphatic heterocycles. The lowest BCUT2D eigenvalue weighted by molar-refractivity contribution is 0.600. The van der Waals surface area contributed by atoms with Crippen LogP contribution in [0.5, 0.6) is 0 Å². The molecule has 28 heavy (non-hydrogen) atoms. The number of hydrogen-bond acceptors (Lipinski definition) is 5. The number of aromatic nitrogens is 5. The Morgan fingerprint density at radius 3 is 2.71 bits per heavy atom. The normalized spacial score (nSPS) is 11.1. The first-order valence-electron chi connectivity index (χ1n) is 8.92. The third kappa shape index (κ3) is 3.87. The summed E-state index contributed by atoms with van der Waals surface area (Å²) in [7, 11) is 0. The molecule has 0 N–H and O–H groups in total. The summed E-state index contributed by atoms with van der Waals surface area (Å²) < 4.78 is 16.9. The predicted octanol–water partition coefficient (Wildman–Crippen LogP) is 4.19. The summed E-state index contributed by atoms with van der Waals surface area (Å²) in [5.41, 5.74) is 2.36. The second kappa shape index (κ2) is 8.02. The predicted molar refractivity (Wildman–Crippen MR) is 108 cm³/mol. The van der Waals surface area contributed by atoms with Gasteiger partial charge in [0.2, 0.25) is 0 Å². The minimum absolute atomic E-state index is 0.264. The second-order valence-corrected chi connectivity index (χ2v) is 7.26. The van der Waals surface area contributed by atoms with E-state index in [2.05, 4.69) is 36.0 Å². The molecule has 6 nitrogen and oxygen atoms in total. The summed E-state index contributed by atoms with van der Waals surface area (Å²) in [6.45, 7) is 2.90. The number of aryl methyl sites for hydroxylation is 1. The SMILES string of the molecule is CCc1cc(N(Cc2ccccn2)Cc2ccc(Br)cc2F)n2ncnc2n1. The van der Waals surface area contributed by atoms with E-state index in [0.717, 1.165) is 23.6 Å². The van der Waals surface area contributed by atoms with Crippen LogP contribution in [-0.2, 0) is 19.5 Å². The van der Waals surface area contributed by atoms with Crippen LogP contribution in [0.1, 0.15) is 23.9 Å². The fourth-order valence-electron chi connectivity index (χ4n) is 3.01. The van der Waals surface area contributed by atoms with Gasteiger partial charge in [-0.25, -0.2) is 9.37 Å². The molecule has 0 bridgehead atoms. The summed E-state index contributed by atoms with van der Waals surface area (Å²) in [5.74, 6) is 1.06. The number of hydrogen-bond donors (Lipinski definition) is 0. The van der Waals surface area contributed by atoms with Crippen LogP contribution in [0.15, 0.2) is 59.5 Å². The summed E-state index contributed by atoms with van der Waals surface area (Å²) in [6, 6.07) is 12.8. The maximum atomic E-state index is 14.5. The zero-order chi connectivity index (χ0) is 19.5. The molecular weight excluding hydrogens is 423 g/mol. The van der Waals surface area contributed by atoms with Gasteiger partial charge in [0.25, 0.3) is 5.78 Å². The van der Waals surface area contributed by atoms with Gasteiger partial charge in [-0.15, -0.1) is 0 Å². The Kier molecular flexibility index (Phi) is 5.29. The number of benzene rings is 1. The van der Waals surface area contributed by atoms with E-state index in [-0.39, 0.29) is 5.82 Å². The lowest BCUT2D eigenvalue weighted by Gasteiger charge is -2.25. The van der Waals surface area contributed by atoms with Crippen molar-refractivity contribution in [1.29, 1.82) is 0 Å². The van der Waals surface area contributed by atoms with E-state index in [0.29, 0.717) is 28.9 Å². The maximum absolute atomic E-state index is 14.5. The molecule has 0 aliphatic carbocycles. The van der Waals surface area contributed by atoms with Crippen LogP contribution in [0.3, 0.4) is 0 Å². The lowest BCUT2D eigenvalue weighted by atomic mass is 10.2. The van der Waals surface area contributed by atoms with Crippen molar-refractivity contribution in [1.82, 2.24) is 24.6 Å². The van der Waals surface area contributed by atoms with Crippen LogP contribution in [0.2, 0.25) is 0 Å². The number of halogens is 2. The second-order valence-electron chi connectivity index (χ2n) is 6.34. The smallest absolute Gasteiger partial charge is 0.254 e. The highest BCUT2D eigenvalue weighted by atomic mass is 79.9. The van der Waals surface area contributed by atoms with Crippen molar-refractivity contribution in [3.63, 3.8) is 0 Å². The van der Waals surface area contributed by atoms with Gasteiger partial charge in [0, 0.05) is 34.5 Å². The first kappa shape index (κ1) is 18.5. The zero-order valence-electron chi connectivity index (χ0n) is 15.3. The van der Waals surface area contributed by atoms with Gasteiger partial charge in [0.05, 0.1) is 12.2 Å². The third-order valence-electron chi connectivity index (χ3n) is 4.43. The molecule has 4 aromatic rings. The molecule has 1 aromatic carbocycles. The Hall–Kier alpha value is -2.87. The summed E-state index contributed by atoms with van der Waals surface area (Å²) in [5, 5.41) is 4.31. The molecule has 0 atom stereocenters. The van der Waals surface area contributed by atoms with Gasteiger partial charge in [-0.1, -0.05) is 35.0 Å². The van der Waals surface area contributed by atoms with Gasteiger partial charge in [-0.2, -0.15) is 14.6 Å². The van der Waals surface area contributed by atoms with Crippen molar-refractivity contribution >= 4 is 27.5 Å². The zero-order valence-corrected chi connectivity index (χ0v) is 16.8. The highest BCUT2D eigenvalue weighted by Gasteiger charge is 2.17. The molecule has 0 saturated heterocycles. The van der Waals surface area contributed by atoms with Crippen LogP contribution in [0.25, 0.3) is 5.78 Å². The number of rotatable bonds is 6. The molecule has 0 aliphatic rings. The average Bonchev–Trinajstić information content (AvgIpc) is 3.18. The Bertz CT molecular complexity index is 1100. The molecule has 0 unspecified atom stereocenters. The molecule has 0 fully saturated rings. The van der Waals surface area contributed by atoms with E-state index < -0.39 is 0 Å². The Balaban J connectivity index is 1.79. The maximum Gasteiger partial charge on any atom is 0.254 e. The minimum Gasteiger partial charge on any atom is -0.346 e.